The van der Waals surface area contributed by atoms with Crippen LogP contribution in [0.25, 0.3) is 0 Å². The predicted octanol–water partition coefficient (Wildman–Crippen LogP) is 2.31. The van der Waals surface area contributed by atoms with E-state index in [1.807, 2.05) is 23.1 Å². The van der Waals surface area contributed by atoms with Crippen molar-refractivity contribution in [3.8, 4) is 0 Å². The van der Waals surface area contributed by atoms with Crippen LogP contribution in [0.15, 0.2) is 41.5 Å². The number of nitrogens with one attached hydrogen (secondary N) is 1. The molecule has 2 heterocycles. The summed E-state index contributed by atoms with van der Waals surface area (Å²) in [7, 11) is 0. The van der Waals surface area contributed by atoms with Crippen LogP contribution < -0.4 is 5.32 Å². The van der Waals surface area contributed by atoms with Crippen LogP contribution in [0.3, 0.4) is 0 Å². The molecule has 1 aliphatic heterocycles. The van der Waals surface area contributed by atoms with E-state index in [4.69, 9.17) is 4.99 Å². The molecule has 27 heavy (non-hydrogen) atoms. The van der Waals surface area contributed by atoms with E-state index in [0.29, 0.717) is 12.6 Å². The maximum atomic E-state index is 12.9. The highest BCUT2D eigenvalue weighted by Crippen LogP contribution is 2.38. The summed E-state index contributed by atoms with van der Waals surface area (Å²) >= 11 is 1.43. The van der Waals surface area contributed by atoms with Gasteiger partial charge in [0.05, 0.1) is 0 Å². The van der Waals surface area contributed by atoms with Crippen molar-refractivity contribution in [2.24, 2.45) is 4.99 Å². The Labute approximate surface area is 163 Å². The molecule has 2 saturated carbocycles. The number of amidine groups is 1. The number of nitrogens with zero attached hydrogens (tertiary/aromatic N) is 3. The fourth-order valence-electron chi connectivity index (χ4n) is 3.35. The second-order valence-corrected chi connectivity index (χ2v) is 8.58. The van der Waals surface area contributed by atoms with Gasteiger partial charge in [0, 0.05) is 43.4 Å². The Morgan fingerprint density at radius 1 is 1.37 bits per heavy atom. The van der Waals surface area contributed by atoms with Gasteiger partial charge < -0.3 is 5.32 Å². The number of rotatable bonds is 7. The van der Waals surface area contributed by atoms with Crippen molar-refractivity contribution in [1.82, 2.24) is 15.2 Å². The highest BCUT2D eigenvalue weighted by atomic mass is 32.2. The fraction of sp³-hybridized carbons (Fsp3) is 0.500. The van der Waals surface area contributed by atoms with E-state index in [9.17, 15) is 9.59 Å². The smallest absolute Gasteiger partial charge is 0.242 e. The van der Waals surface area contributed by atoms with Gasteiger partial charge in [0.2, 0.25) is 11.8 Å². The maximum Gasteiger partial charge on any atom is 0.242 e. The molecule has 0 aromatic carbocycles. The van der Waals surface area contributed by atoms with Crippen LogP contribution in [0.1, 0.15) is 37.8 Å². The number of pyridine rings is 1. The first-order valence-electron chi connectivity index (χ1n) is 9.50. The number of thioether (sulfide) groups is 1. The van der Waals surface area contributed by atoms with Gasteiger partial charge in [-0.1, -0.05) is 30.0 Å². The average molecular weight is 385 g/mol. The molecule has 1 atom stereocenters. The van der Waals surface area contributed by atoms with Crippen molar-refractivity contribution < 1.29 is 9.59 Å². The minimum Gasteiger partial charge on any atom is -0.353 e. The van der Waals surface area contributed by atoms with Crippen molar-refractivity contribution in [1.29, 1.82) is 0 Å². The molecule has 0 radical (unpaired) electrons. The molecule has 6 nitrogen and oxygen atoms in total. The summed E-state index contributed by atoms with van der Waals surface area (Å²) in [5, 5.41) is 3.35. The van der Waals surface area contributed by atoms with Crippen LogP contribution in [-0.4, -0.2) is 50.7 Å². The Hall–Kier alpha value is -2.15. The molecular weight excluding hydrogens is 360 g/mol. The van der Waals surface area contributed by atoms with E-state index >= 15 is 0 Å². The van der Waals surface area contributed by atoms with Gasteiger partial charge in [0.25, 0.3) is 0 Å². The third-order valence-corrected chi connectivity index (χ3v) is 6.22. The molecule has 1 N–H and O–H groups in total. The van der Waals surface area contributed by atoms with E-state index in [2.05, 4.69) is 16.9 Å². The van der Waals surface area contributed by atoms with Crippen molar-refractivity contribution in [3.05, 3.63) is 42.2 Å². The van der Waals surface area contributed by atoms with Crippen LogP contribution >= 0.6 is 11.8 Å². The Morgan fingerprint density at radius 2 is 2.19 bits per heavy atom. The van der Waals surface area contributed by atoms with E-state index in [1.165, 1.54) is 17.3 Å². The van der Waals surface area contributed by atoms with Crippen molar-refractivity contribution in [2.45, 2.75) is 55.9 Å². The van der Waals surface area contributed by atoms with Crippen LogP contribution in [0.4, 0.5) is 0 Å². The molecule has 1 saturated heterocycles. The summed E-state index contributed by atoms with van der Waals surface area (Å²) in [6.07, 6.45) is 6.48. The molecule has 2 aliphatic carbocycles. The van der Waals surface area contributed by atoms with Gasteiger partial charge in [-0.2, -0.15) is 0 Å². The summed E-state index contributed by atoms with van der Waals surface area (Å²) < 4.78 is 0. The normalized spacial score (nSPS) is 24.4. The summed E-state index contributed by atoms with van der Waals surface area (Å²) in [5.41, 5.74) is 2.15. The summed E-state index contributed by atoms with van der Waals surface area (Å²) in [6, 6.07) is 6.29. The molecule has 3 aliphatic rings. The maximum absolute atomic E-state index is 12.9. The third-order valence-electron chi connectivity index (χ3n) is 5.03. The van der Waals surface area contributed by atoms with Crippen molar-refractivity contribution in [2.75, 3.05) is 6.54 Å². The van der Waals surface area contributed by atoms with Crippen molar-refractivity contribution in [3.63, 3.8) is 0 Å². The number of carbonyl (C=O) groups excluding carboxylic acids is 2. The topological polar surface area (TPSA) is 74.7 Å². The Morgan fingerprint density at radius 3 is 2.85 bits per heavy atom. The van der Waals surface area contributed by atoms with Crippen LogP contribution in [0.2, 0.25) is 0 Å². The number of hydrogen-bond acceptors (Lipinski definition) is 5. The summed E-state index contributed by atoms with van der Waals surface area (Å²) in [6.45, 7) is 4.57. The zero-order valence-electron chi connectivity index (χ0n) is 15.3. The van der Waals surface area contributed by atoms with Gasteiger partial charge in [0.15, 0.2) is 5.17 Å². The molecule has 1 unspecified atom stereocenters. The monoisotopic (exact) mass is 384 g/mol. The third kappa shape index (κ3) is 4.40. The standard InChI is InChI=1S/C20H24N4O2S/c1-13-10-16(11-13)24-19(26)17(12-18(25)23-15-5-6-15)27-20(24)22-9-7-14-4-2-3-8-21-14/h2-4,8,15-17H,1,5-7,9-12H2,(H,23,25). The Kier molecular flexibility index (Phi) is 5.29. The molecule has 3 fully saturated rings. The Bertz CT molecular complexity index is 767. The van der Waals surface area contributed by atoms with E-state index in [0.717, 1.165) is 43.0 Å². The second-order valence-electron chi connectivity index (χ2n) is 7.41. The molecule has 1 aromatic rings. The molecular formula is C20H24N4O2S. The molecule has 7 heteroatoms. The first-order chi connectivity index (χ1) is 13.1. The van der Waals surface area contributed by atoms with E-state index < -0.39 is 0 Å². The zero-order chi connectivity index (χ0) is 18.8. The number of hydrogen-bond donors (Lipinski definition) is 1. The minimum atomic E-state index is -0.369. The highest BCUT2D eigenvalue weighted by Gasteiger charge is 2.45. The van der Waals surface area contributed by atoms with Gasteiger partial charge in [-0.25, -0.2) is 0 Å². The van der Waals surface area contributed by atoms with Gasteiger partial charge in [-0.15, -0.1) is 0 Å². The van der Waals surface area contributed by atoms with Gasteiger partial charge in [-0.3, -0.25) is 24.5 Å². The van der Waals surface area contributed by atoms with Crippen LogP contribution in [0, 0.1) is 0 Å². The van der Waals surface area contributed by atoms with E-state index in [-0.39, 0.29) is 29.5 Å². The van der Waals surface area contributed by atoms with Crippen LogP contribution in [-0.2, 0) is 16.0 Å². The minimum absolute atomic E-state index is 0.0139. The predicted molar refractivity (Wildman–Crippen MR) is 106 cm³/mol. The lowest BCUT2D eigenvalue weighted by Gasteiger charge is -2.36. The number of aliphatic imine (C=N–C) groups is 1. The molecule has 2 amide bonds. The lowest BCUT2D eigenvalue weighted by Crippen LogP contribution is -2.46. The zero-order valence-corrected chi connectivity index (χ0v) is 16.1. The molecule has 0 spiro atoms. The quantitative estimate of drug-likeness (QED) is 0.732. The van der Waals surface area contributed by atoms with Gasteiger partial charge in [0.1, 0.15) is 5.25 Å². The SMILES string of the molecule is C=C1CC(N2C(=O)C(CC(=O)NC3CC3)SC2=NCCc2ccccn2)C1. The molecule has 142 valence electrons. The van der Waals surface area contributed by atoms with E-state index in [1.54, 1.807) is 6.20 Å². The largest absolute Gasteiger partial charge is 0.353 e. The first kappa shape index (κ1) is 18.2. The second kappa shape index (κ2) is 7.84. The molecule has 4 rings (SSSR count). The summed E-state index contributed by atoms with van der Waals surface area (Å²) in [5.74, 6) is -0.0175. The van der Waals surface area contributed by atoms with Gasteiger partial charge >= 0.3 is 0 Å². The van der Waals surface area contributed by atoms with Crippen LogP contribution in [0.5, 0.6) is 0 Å². The Balaban J connectivity index is 1.42. The average Bonchev–Trinajstić information content (AvgIpc) is 3.38. The molecule has 0 bridgehead atoms. The fourth-order valence-corrected chi connectivity index (χ4v) is 4.57. The lowest BCUT2D eigenvalue weighted by molar-refractivity contribution is -0.131. The lowest BCUT2D eigenvalue weighted by atomic mass is 9.86. The summed E-state index contributed by atoms with van der Waals surface area (Å²) in [4.78, 5) is 35.9. The number of carbonyl (C=O) groups is 2. The number of amides is 2. The molecule has 1 aromatic heterocycles. The first-order valence-corrected chi connectivity index (χ1v) is 10.4. The highest BCUT2D eigenvalue weighted by molar-refractivity contribution is 8.15. The number of aromatic nitrogens is 1. The van der Waals surface area contributed by atoms with Crippen molar-refractivity contribution >= 4 is 28.7 Å². The van der Waals surface area contributed by atoms with Gasteiger partial charge in [-0.05, 0) is 37.8 Å².